The molecule has 0 aliphatic heterocycles. The van der Waals surface area contributed by atoms with E-state index in [2.05, 4.69) is 5.32 Å². The number of amides is 1. The minimum Gasteiger partial charge on any atom is -0.375 e. The average Bonchev–Trinajstić information content (AvgIpc) is 2.56. The number of carbonyl (C=O) groups is 1. The molecule has 2 unspecified atom stereocenters. The highest BCUT2D eigenvalue weighted by molar-refractivity contribution is 5.95. The third-order valence-corrected chi connectivity index (χ3v) is 3.51. The molecule has 0 radical (unpaired) electrons. The number of ether oxygens (including phenoxy) is 1. The number of methoxy groups -OCH3 is 1. The molecule has 120 valence electrons. The number of nitro groups is 1. The molecule has 0 fully saturated rings. The Bertz CT molecular complexity index is 688. The standard InChI is InChI=1S/C17H18N2O4/c1-12(16(23-2)13-7-4-3-5-8-13)18-17(20)14-9-6-10-15(11-14)19(21)22/h3-12,16H,1-2H3,(H,18,20). The van der Waals surface area contributed by atoms with Crippen LogP contribution in [-0.2, 0) is 4.74 Å². The van der Waals surface area contributed by atoms with Gasteiger partial charge in [0.1, 0.15) is 6.10 Å². The van der Waals surface area contributed by atoms with Gasteiger partial charge in [-0.15, -0.1) is 0 Å². The molecule has 1 amide bonds. The summed E-state index contributed by atoms with van der Waals surface area (Å²) in [5.41, 5.74) is 1.08. The van der Waals surface area contributed by atoms with Crippen molar-refractivity contribution in [3.63, 3.8) is 0 Å². The van der Waals surface area contributed by atoms with E-state index in [1.54, 1.807) is 13.2 Å². The Balaban J connectivity index is 2.12. The number of hydrogen-bond donors (Lipinski definition) is 1. The molecule has 2 atom stereocenters. The van der Waals surface area contributed by atoms with Gasteiger partial charge in [-0.1, -0.05) is 36.4 Å². The number of hydrogen-bond acceptors (Lipinski definition) is 4. The first kappa shape index (κ1) is 16.6. The van der Waals surface area contributed by atoms with E-state index in [1.807, 2.05) is 37.3 Å². The number of benzene rings is 2. The Morgan fingerprint density at radius 2 is 1.87 bits per heavy atom. The van der Waals surface area contributed by atoms with Crippen molar-refractivity contribution in [1.29, 1.82) is 0 Å². The third-order valence-electron chi connectivity index (χ3n) is 3.51. The van der Waals surface area contributed by atoms with Gasteiger partial charge in [0, 0.05) is 24.8 Å². The minimum atomic E-state index is -0.526. The molecule has 0 bridgehead atoms. The molecule has 23 heavy (non-hydrogen) atoms. The molecule has 2 aromatic carbocycles. The summed E-state index contributed by atoms with van der Waals surface area (Å²) < 4.78 is 5.47. The monoisotopic (exact) mass is 314 g/mol. The average molecular weight is 314 g/mol. The fourth-order valence-electron chi connectivity index (χ4n) is 2.40. The van der Waals surface area contributed by atoms with E-state index in [1.165, 1.54) is 18.2 Å². The second-order valence-electron chi connectivity index (χ2n) is 5.14. The van der Waals surface area contributed by atoms with Crippen molar-refractivity contribution in [2.75, 3.05) is 7.11 Å². The van der Waals surface area contributed by atoms with E-state index in [0.717, 1.165) is 5.56 Å². The van der Waals surface area contributed by atoms with E-state index < -0.39 is 4.92 Å². The zero-order chi connectivity index (χ0) is 16.8. The Morgan fingerprint density at radius 1 is 1.17 bits per heavy atom. The molecule has 0 aromatic heterocycles. The normalized spacial score (nSPS) is 13.1. The van der Waals surface area contributed by atoms with Gasteiger partial charge in [-0.2, -0.15) is 0 Å². The van der Waals surface area contributed by atoms with Crippen molar-refractivity contribution < 1.29 is 14.5 Å². The molecular weight excluding hydrogens is 296 g/mol. The van der Waals surface area contributed by atoms with Crippen LogP contribution in [0.4, 0.5) is 5.69 Å². The van der Waals surface area contributed by atoms with Gasteiger partial charge in [0.2, 0.25) is 0 Å². The molecule has 0 saturated carbocycles. The van der Waals surface area contributed by atoms with Crippen LogP contribution in [-0.4, -0.2) is 24.0 Å². The van der Waals surface area contributed by atoms with E-state index in [4.69, 9.17) is 4.74 Å². The molecule has 6 heteroatoms. The van der Waals surface area contributed by atoms with Gasteiger partial charge in [0.25, 0.3) is 11.6 Å². The molecule has 2 rings (SSSR count). The quantitative estimate of drug-likeness (QED) is 0.656. The van der Waals surface area contributed by atoms with E-state index >= 15 is 0 Å². The lowest BCUT2D eigenvalue weighted by Gasteiger charge is -2.24. The van der Waals surface area contributed by atoms with Crippen molar-refractivity contribution in [3.05, 3.63) is 75.8 Å². The Labute approximate surface area is 134 Å². The molecule has 0 saturated heterocycles. The van der Waals surface area contributed by atoms with Crippen LogP contribution >= 0.6 is 0 Å². The molecular formula is C17H18N2O4. The lowest BCUT2D eigenvalue weighted by Crippen LogP contribution is -2.37. The zero-order valence-corrected chi connectivity index (χ0v) is 12.9. The fraction of sp³-hybridized carbons (Fsp3) is 0.235. The predicted octanol–water partition coefficient (Wildman–Crippen LogP) is 3.10. The summed E-state index contributed by atoms with van der Waals surface area (Å²) in [5, 5.41) is 13.6. The maximum atomic E-state index is 12.3. The van der Waals surface area contributed by atoms with Crippen molar-refractivity contribution in [2.24, 2.45) is 0 Å². The van der Waals surface area contributed by atoms with Crippen LogP contribution in [0.3, 0.4) is 0 Å². The van der Waals surface area contributed by atoms with Crippen LogP contribution in [0.1, 0.15) is 28.9 Å². The summed E-state index contributed by atoms with van der Waals surface area (Å²) in [6.45, 7) is 1.83. The van der Waals surface area contributed by atoms with Crippen LogP contribution in [0, 0.1) is 10.1 Å². The molecule has 0 aliphatic carbocycles. The Kier molecular flexibility index (Phi) is 5.43. The molecule has 0 heterocycles. The lowest BCUT2D eigenvalue weighted by atomic mass is 10.0. The van der Waals surface area contributed by atoms with Crippen molar-refractivity contribution in [1.82, 2.24) is 5.32 Å². The number of rotatable bonds is 6. The Hall–Kier alpha value is -2.73. The predicted molar refractivity (Wildman–Crippen MR) is 86.2 cm³/mol. The number of nitro benzene ring substituents is 1. The second-order valence-corrected chi connectivity index (χ2v) is 5.14. The first-order valence-corrected chi connectivity index (χ1v) is 7.16. The summed E-state index contributed by atoms with van der Waals surface area (Å²) in [7, 11) is 1.58. The van der Waals surface area contributed by atoms with Gasteiger partial charge in [-0.05, 0) is 18.6 Å². The molecule has 0 spiro atoms. The molecule has 0 aliphatic rings. The summed E-state index contributed by atoms with van der Waals surface area (Å²) in [6, 6.07) is 14.9. The van der Waals surface area contributed by atoms with Gasteiger partial charge >= 0.3 is 0 Å². The highest BCUT2D eigenvalue weighted by Gasteiger charge is 2.21. The second kappa shape index (κ2) is 7.51. The SMILES string of the molecule is COC(c1ccccc1)C(C)NC(=O)c1cccc([N+](=O)[O-])c1. The highest BCUT2D eigenvalue weighted by Crippen LogP contribution is 2.21. The van der Waals surface area contributed by atoms with Crippen LogP contribution in [0.25, 0.3) is 0 Å². The number of nitrogens with one attached hydrogen (secondary N) is 1. The van der Waals surface area contributed by atoms with Crippen molar-refractivity contribution in [2.45, 2.75) is 19.1 Å². The summed E-state index contributed by atoms with van der Waals surface area (Å²) >= 11 is 0. The zero-order valence-electron chi connectivity index (χ0n) is 12.9. The smallest absolute Gasteiger partial charge is 0.270 e. The van der Waals surface area contributed by atoms with Gasteiger partial charge < -0.3 is 10.1 Å². The summed E-state index contributed by atoms with van der Waals surface area (Å²) in [6.07, 6.45) is -0.307. The Morgan fingerprint density at radius 3 is 2.48 bits per heavy atom. The first-order chi connectivity index (χ1) is 11.0. The lowest BCUT2D eigenvalue weighted by molar-refractivity contribution is -0.384. The first-order valence-electron chi connectivity index (χ1n) is 7.16. The topological polar surface area (TPSA) is 81.5 Å². The van der Waals surface area contributed by atoms with Crippen LogP contribution < -0.4 is 5.32 Å². The maximum absolute atomic E-state index is 12.3. The summed E-state index contributed by atoms with van der Waals surface area (Å²) in [5.74, 6) is -0.376. The van der Waals surface area contributed by atoms with Crippen LogP contribution in [0.2, 0.25) is 0 Å². The van der Waals surface area contributed by atoms with Gasteiger partial charge in [-0.25, -0.2) is 0 Å². The van der Waals surface area contributed by atoms with Crippen LogP contribution in [0.5, 0.6) is 0 Å². The van der Waals surface area contributed by atoms with E-state index in [0.29, 0.717) is 0 Å². The molecule has 2 aromatic rings. The largest absolute Gasteiger partial charge is 0.375 e. The fourth-order valence-corrected chi connectivity index (χ4v) is 2.40. The van der Waals surface area contributed by atoms with E-state index in [9.17, 15) is 14.9 Å². The van der Waals surface area contributed by atoms with Gasteiger partial charge in [-0.3, -0.25) is 14.9 Å². The number of nitrogens with zero attached hydrogens (tertiary/aromatic N) is 1. The van der Waals surface area contributed by atoms with Crippen molar-refractivity contribution in [3.8, 4) is 0 Å². The number of non-ortho nitro benzene ring substituents is 1. The minimum absolute atomic E-state index is 0.114. The summed E-state index contributed by atoms with van der Waals surface area (Å²) in [4.78, 5) is 22.6. The third kappa shape index (κ3) is 4.14. The van der Waals surface area contributed by atoms with Gasteiger partial charge in [0.15, 0.2) is 0 Å². The van der Waals surface area contributed by atoms with Crippen LogP contribution in [0.15, 0.2) is 54.6 Å². The number of carbonyl (C=O) groups excluding carboxylic acids is 1. The highest BCUT2D eigenvalue weighted by atomic mass is 16.6. The molecule has 1 N–H and O–H groups in total. The van der Waals surface area contributed by atoms with E-state index in [-0.39, 0.29) is 29.3 Å². The van der Waals surface area contributed by atoms with Gasteiger partial charge in [0.05, 0.1) is 11.0 Å². The maximum Gasteiger partial charge on any atom is 0.270 e. The van der Waals surface area contributed by atoms with Crippen molar-refractivity contribution >= 4 is 11.6 Å². The molecule has 6 nitrogen and oxygen atoms in total.